The molecule has 0 aliphatic carbocycles. The third kappa shape index (κ3) is 7.34. The summed E-state index contributed by atoms with van der Waals surface area (Å²) in [4.78, 5) is 50.6. The Kier molecular flexibility index (Phi) is 11.8. The summed E-state index contributed by atoms with van der Waals surface area (Å²) in [5.41, 5.74) is 3.27. The zero-order valence-corrected chi connectivity index (χ0v) is 27.3. The fourth-order valence-electron chi connectivity index (χ4n) is 5.74. The Labute approximate surface area is 272 Å². The average molecular weight is 643 g/mol. The molecule has 0 N–H and O–H groups in total. The van der Waals surface area contributed by atoms with E-state index in [1.165, 1.54) is 5.56 Å². The van der Waals surface area contributed by atoms with Crippen molar-refractivity contribution in [3.8, 4) is 5.75 Å². The third-order valence-corrected chi connectivity index (χ3v) is 8.26. The molecule has 2 aliphatic heterocycles. The number of carbonyl (C=O) groups excluding carboxylic acids is 3. The third-order valence-electron chi connectivity index (χ3n) is 8.26. The van der Waals surface area contributed by atoms with Crippen molar-refractivity contribution in [2.45, 2.75) is 33.2 Å². The molecule has 0 spiro atoms. The molecule has 0 saturated heterocycles. The molecule has 236 valence electrons. The molecule has 11 heteroatoms. The molecule has 2 aromatic carbocycles. The second-order valence-corrected chi connectivity index (χ2v) is 11.5. The molecular formula is C33H41Cl2N5O4. The number of anilines is 2. The number of pyridine rings is 1. The van der Waals surface area contributed by atoms with E-state index in [1.54, 1.807) is 50.1 Å². The summed E-state index contributed by atoms with van der Waals surface area (Å²) in [6, 6.07) is 17.4. The number of rotatable bonds is 10. The van der Waals surface area contributed by atoms with E-state index >= 15 is 0 Å². The predicted octanol–water partition coefficient (Wildman–Crippen LogP) is 4.86. The lowest BCUT2D eigenvalue weighted by Gasteiger charge is -2.31. The summed E-state index contributed by atoms with van der Waals surface area (Å²) in [6.07, 6.45) is 5.25. The Morgan fingerprint density at radius 2 is 1.57 bits per heavy atom. The summed E-state index contributed by atoms with van der Waals surface area (Å²) < 4.78 is 6.12. The normalized spacial score (nSPS) is 15.7. The van der Waals surface area contributed by atoms with Gasteiger partial charge < -0.3 is 19.4 Å². The van der Waals surface area contributed by atoms with Gasteiger partial charge >= 0.3 is 0 Å². The molecule has 0 atom stereocenters. The lowest BCUT2D eigenvalue weighted by molar-refractivity contribution is -0.137. The van der Waals surface area contributed by atoms with Gasteiger partial charge in [0.1, 0.15) is 11.2 Å². The number of aromatic nitrogens is 1. The molecule has 5 rings (SSSR count). The van der Waals surface area contributed by atoms with Crippen LogP contribution in [0.2, 0.25) is 0 Å². The van der Waals surface area contributed by atoms with Crippen LogP contribution in [0.5, 0.6) is 5.75 Å². The van der Waals surface area contributed by atoms with Gasteiger partial charge in [-0.05, 0) is 68.1 Å². The van der Waals surface area contributed by atoms with Crippen molar-refractivity contribution in [3.63, 3.8) is 0 Å². The molecule has 3 aromatic rings. The van der Waals surface area contributed by atoms with Gasteiger partial charge in [-0.2, -0.15) is 0 Å². The van der Waals surface area contributed by atoms with Gasteiger partial charge in [0.05, 0.1) is 18.0 Å². The fourth-order valence-corrected chi connectivity index (χ4v) is 5.74. The van der Waals surface area contributed by atoms with E-state index in [9.17, 15) is 14.4 Å². The highest BCUT2D eigenvalue weighted by atomic mass is 35.5. The second kappa shape index (κ2) is 14.9. The first-order chi connectivity index (χ1) is 20.2. The predicted molar refractivity (Wildman–Crippen MR) is 177 cm³/mol. The summed E-state index contributed by atoms with van der Waals surface area (Å²) in [7, 11) is 3.39. The van der Waals surface area contributed by atoms with Crippen molar-refractivity contribution in [3.05, 3.63) is 83.7 Å². The van der Waals surface area contributed by atoms with Gasteiger partial charge in [0, 0.05) is 70.8 Å². The van der Waals surface area contributed by atoms with Crippen LogP contribution in [0.1, 0.15) is 41.8 Å². The maximum atomic E-state index is 13.1. The van der Waals surface area contributed by atoms with Crippen LogP contribution in [0.25, 0.3) is 0 Å². The fraction of sp³-hybridized carbons (Fsp3) is 0.394. The van der Waals surface area contributed by atoms with Crippen LogP contribution in [-0.4, -0.2) is 79.4 Å². The van der Waals surface area contributed by atoms with E-state index in [4.69, 9.17) is 4.74 Å². The largest absolute Gasteiger partial charge is 0.493 e. The summed E-state index contributed by atoms with van der Waals surface area (Å²) in [5.74, 6) is 0.257. The zero-order chi connectivity index (χ0) is 29.9. The van der Waals surface area contributed by atoms with Crippen LogP contribution in [0.3, 0.4) is 0 Å². The summed E-state index contributed by atoms with van der Waals surface area (Å²) in [5, 5.41) is 0. The summed E-state index contributed by atoms with van der Waals surface area (Å²) >= 11 is 0. The number of fused-ring (bicyclic) bond motifs is 2. The van der Waals surface area contributed by atoms with Crippen LogP contribution in [0.15, 0.2) is 67.0 Å². The highest BCUT2D eigenvalue weighted by Gasteiger charge is 2.44. The van der Waals surface area contributed by atoms with Crippen molar-refractivity contribution in [2.75, 3.05) is 56.7 Å². The number of ether oxygens (including phenoxy) is 1. The number of hydrogen-bond donors (Lipinski definition) is 0. The Bertz CT molecular complexity index is 1470. The molecule has 2 aliphatic rings. The van der Waals surface area contributed by atoms with Gasteiger partial charge in [0.25, 0.3) is 5.91 Å². The summed E-state index contributed by atoms with van der Waals surface area (Å²) in [6.45, 7) is 7.48. The molecule has 44 heavy (non-hydrogen) atoms. The number of benzene rings is 2. The van der Waals surface area contributed by atoms with Crippen molar-refractivity contribution in [2.24, 2.45) is 5.41 Å². The molecule has 0 bridgehead atoms. The van der Waals surface area contributed by atoms with E-state index in [2.05, 4.69) is 9.88 Å². The number of hydrogen-bond acceptors (Lipinski definition) is 6. The molecule has 3 heterocycles. The van der Waals surface area contributed by atoms with Crippen LogP contribution in [0, 0.1) is 5.41 Å². The van der Waals surface area contributed by atoms with E-state index < -0.39 is 5.41 Å². The maximum absolute atomic E-state index is 13.1. The van der Waals surface area contributed by atoms with E-state index in [-0.39, 0.29) is 42.5 Å². The zero-order valence-electron chi connectivity index (χ0n) is 25.7. The van der Waals surface area contributed by atoms with E-state index in [1.807, 2.05) is 59.5 Å². The molecule has 1 aromatic heterocycles. The molecule has 9 nitrogen and oxygen atoms in total. The van der Waals surface area contributed by atoms with Crippen molar-refractivity contribution < 1.29 is 19.1 Å². The van der Waals surface area contributed by atoms with Crippen LogP contribution in [0.4, 0.5) is 11.4 Å². The minimum absolute atomic E-state index is 0. The minimum Gasteiger partial charge on any atom is -0.493 e. The first kappa shape index (κ1) is 34.8. The highest BCUT2D eigenvalue weighted by Crippen LogP contribution is 2.39. The Morgan fingerprint density at radius 3 is 2.30 bits per heavy atom. The first-order valence-electron chi connectivity index (χ1n) is 14.5. The molecule has 0 unspecified atom stereocenters. The number of nitrogens with zero attached hydrogens (tertiary/aromatic N) is 5. The van der Waals surface area contributed by atoms with Crippen LogP contribution < -0.4 is 14.5 Å². The molecule has 0 saturated carbocycles. The molecule has 0 radical (unpaired) electrons. The van der Waals surface area contributed by atoms with Crippen LogP contribution >= 0.6 is 24.8 Å². The molecule has 0 fully saturated rings. The average Bonchev–Trinajstić information content (AvgIpc) is 3.05. The van der Waals surface area contributed by atoms with Crippen LogP contribution in [-0.2, 0) is 22.6 Å². The molecule has 3 amide bonds. The topological polar surface area (TPSA) is 86.3 Å². The maximum Gasteiger partial charge on any atom is 0.254 e. The second-order valence-electron chi connectivity index (χ2n) is 11.5. The van der Waals surface area contributed by atoms with Crippen molar-refractivity contribution in [1.82, 2.24) is 14.8 Å². The standard InChI is InChI=1S/C33H39N5O4.2ClH/c1-33(2)31(40)35(3)28-11-10-26(22-29(28)36(4)32(33)41)42-21-7-17-37(23-24-12-15-34-16-13-24)19-20-38-18-14-25-8-5-6-9-27(25)30(38)39;;/h5-6,8-13,15-16,22H,7,14,17-21,23H2,1-4H3;2*1H. The van der Waals surface area contributed by atoms with Crippen molar-refractivity contribution in [1.29, 1.82) is 0 Å². The van der Waals surface area contributed by atoms with E-state index in [0.717, 1.165) is 50.1 Å². The first-order valence-corrected chi connectivity index (χ1v) is 14.5. The highest BCUT2D eigenvalue weighted by molar-refractivity contribution is 6.19. The SMILES string of the molecule is CN1C(=O)C(C)(C)C(=O)N(C)c2cc(OCCCN(CCN3CCc4ccccc4C3=O)Cc3ccncc3)ccc21.Cl.Cl. The van der Waals surface area contributed by atoms with E-state index in [0.29, 0.717) is 30.3 Å². The lowest BCUT2D eigenvalue weighted by Crippen LogP contribution is -2.46. The van der Waals surface area contributed by atoms with Gasteiger partial charge in [0.2, 0.25) is 11.8 Å². The van der Waals surface area contributed by atoms with Gasteiger partial charge in [-0.1, -0.05) is 18.2 Å². The van der Waals surface area contributed by atoms with Gasteiger partial charge in [-0.3, -0.25) is 24.3 Å². The molecular weight excluding hydrogens is 601 g/mol. The number of carbonyl (C=O) groups is 3. The number of halogens is 2. The minimum atomic E-state index is -1.15. The number of amides is 3. The van der Waals surface area contributed by atoms with Gasteiger partial charge in [-0.15, -0.1) is 24.8 Å². The monoisotopic (exact) mass is 641 g/mol. The smallest absolute Gasteiger partial charge is 0.254 e. The van der Waals surface area contributed by atoms with Gasteiger partial charge in [0.15, 0.2) is 0 Å². The van der Waals surface area contributed by atoms with Gasteiger partial charge in [-0.25, -0.2) is 0 Å². The Hall–Kier alpha value is -3.66. The van der Waals surface area contributed by atoms with Crippen molar-refractivity contribution >= 4 is 53.9 Å². The lowest BCUT2D eigenvalue weighted by atomic mass is 9.90. The Morgan fingerprint density at radius 1 is 0.886 bits per heavy atom. The Balaban J connectivity index is 0.00000264. The quantitative estimate of drug-likeness (QED) is 0.232.